The third-order valence-electron chi connectivity index (χ3n) is 5.25. The minimum Gasteiger partial charge on any atom is -0.490 e. The summed E-state index contributed by atoms with van der Waals surface area (Å²) in [5, 5.41) is -0.276. The summed E-state index contributed by atoms with van der Waals surface area (Å²) in [6.07, 6.45) is 2.28. The molecular weight excluding hydrogens is 453 g/mol. The van der Waals surface area contributed by atoms with E-state index >= 15 is 0 Å². The first-order valence-electron chi connectivity index (χ1n) is 11.0. The van der Waals surface area contributed by atoms with E-state index in [1.807, 2.05) is 37.3 Å². The van der Waals surface area contributed by atoms with Gasteiger partial charge >= 0.3 is 0 Å². The molecule has 5 nitrogen and oxygen atoms in total. The second-order valence-corrected chi connectivity index (χ2v) is 8.58. The molecule has 7 heteroatoms. The van der Waals surface area contributed by atoms with Crippen LogP contribution in [0.15, 0.2) is 77.7 Å². The molecule has 0 N–H and O–H groups in total. The number of benzene rings is 3. The minimum atomic E-state index is -0.333. The van der Waals surface area contributed by atoms with Crippen molar-refractivity contribution >= 4 is 29.0 Å². The van der Waals surface area contributed by atoms with Crippen molar-refractivity contribution in [3.8, 4) is 11.5 Å². The van der Waals surface area contributed by atoms with E-state index in [1.165, 1.54) is 11.0 Å². The van der Waals surface area contributed by atoms with Gasteiger partial charge in [-0.3, -0.25) is 14.5 Å². The predicted molar refractivity (Wildman–Crippen MR) is 131 cm³/mol. The van der Waals surface area contributed by atoms with Crippen LogP contribution < -0.4 is 9.47 Å². The van der Waals surface area contributed by atoms with Crippen LogP contribution >= 0.6 is 11.8 Å². The first kappa shape index (κ1) is 23.6. The first-order chi connectivity index (χ1) is 16.5. The number of hydrogen-bond acceptors (Lipinski definition) is 5. The lowest BCUT2D eigenvalue weighted by atomic mass is 10.1. The molecule has 0 bridgehead atoms. The van der Waals surface area contributed by atoms with Crippen LogP contribution in [0.25, 0.3) is 6.08 Å². The van der Waals surface area contributed by atoms with Gasteiger partial charge < -0.3 is 9.47 Å². The van der Waals surface area contributed by atoms with Gasteiger partial charge in [0.15, 0.2) is 11.5 Å². The third kappa shape index (κ3) is 5.66. The predicted octanol–water partition coefficient (Wildman–Crippen LogP) is 6.08. The topological polar surface area (TPSA) is 55.8 Å². The Kier molecular flexibility index (Phi) is 7.65. The van der Waals surface area contributed by atoms with Crippen LogP contribution in [0, 0.1) is 5.82 Å². The molecule has 1 aliphatic heterocycles. The number of thioether (sulfide) groups is 1. The largest absolute Gasteiger partial charge is 0.490 e. The van der Waals surface area contributed by atoms with E-state index in [1.54, 1.807) is 42.5 Å². The van der Waals surface area contributed by atoms with E-state index < -0.39 is 0 Å². The van der Waals surface area contributed by atoms with Gasteiger partial charge in [0.2, 0.25) is 0 Å². The lowest BCUT2D eigenvalue weighted by Crippen LogP contribution is -2.30. The Morgan fingerprint density at radius 2 is 1.71 bits per heavy atom. The van der Waals surface area contributed by atoms with Gasteiger partial charge in [-0.05, 0) is 60.5 Å². The van der Waals surface area contributed by atoms with Gasteiger partial charge in [0.05, 0.1) is 11.5 Å². The molecule has 1 heterocycles. The highest BCUT2D eigenvalue weighted by Crippen LogP contribution is 2.35. The number of imide groups is 1. The molecule has 1 aliphatic rings. The van der Waals surface area contributed by atoms with Crippen LogP contribution in [-0.4, -0.2) is 29.2 Å². The highest BCUT2D eigenvalue weighted by molar-refractivity contribution is 8.18. The minimum absolute atomic E-state index is 0.0619. The Hall–Kier alpha value is -3.58. The molecule has 3 aromatic carbocycles. The van der Waals surface area contributed by atoms with Crippen molar-refractivity contribution in [2.24, 2.45) is 0 Å². The number of hydrogen-bond donors (Lipinski definition) is 0. The van der Waals surface area contributed by atoms with Gasteiger partial charge in [0.1, 0.15) is 12.4 Å². The van der Waals surface area contributed by atoms with Gasteiger partial charge in [-0.2, -0.15) is 0 Å². The smallest absolute Gasteiger partial charge is 0.293 e. The first-order valence-corrected chi connectivity index (χ1v) is 11.8. The molecule has 1 saturated heterocycles. The van der Waals surface area contributed by atoms with Crippen molar-refractivity contribution < 1.29 is 23.5 Å². The van der Waals surface area contributed by atoms with Crippen LogP contribution in [-0.2, 0) is 17.8 Å². The summed E-state index contributed by atoms with van der Waals surface area (Å²) in [6.45, 7) is 2.66. The molecule has 0 spiro atoms. The molecule has 0 aromatic heterocycles. The maximum Gasteiger partial charge on any atom is 0.293 e. The van der Waals surface area contributed by atoms with E-state index in [9.17, 15) is 14.0 Å². The lowest BCUT2D eigenvalue weighted by Gasteiger charge is -2.13. The van der Waals surface area contributed by atoms with Gasteiger partial charge in [0, 0.05) is 12.1 Å². The monoisotopic (exact) mass is 477 g/mol. The Balaban J connectivity index is 1.47. The molecule has 0 atom stereocenters. The van der Waals surface area contributed by atoms with E-state index in [4.69, 9.17) is 9.47 Å². The summed E-state index contributed by atoms with van der Waals surface area (Å²) in [5.74, 6) is 0.318. The molecular formula is C27H24FNO4S. The van der Waals surface area contributed by atoms with Crippen LogP contribution in [0.5, 0.6) is 11.5 Å². The van der Waals surface area contributed by atoms with E-state index in [0.29, 0.717) is 47.1 Å². The molecule has 0 unspecified atom stereocenters. The van der Waals surface area contributed by atoms with E-state index in [2.05, 4.69) is 0 Å². The van der Waals surface area contributed by atoms with Crippen LogP contribution in [0.4, 0.5) is 9.18 Å². The maximum atomic E-state index is 13.9. The highest BCUT2D eigenvalue weighted by atomic mass is 32.2. The fourth-order valence-electron chi connectivity index (χ4n) is 3.50. The SMILES string of the molecule is CCOc1cc(/C=C2\SC(=O)N(CCc3ccccc3)C2=O)ccc1OCc1ccccc1F. The Morgan fingerprint density at radius 3 is 2.47 bits per heavy atom. The third-order valence-corrected chi connectivity index (χ3v) is 6.15. The molecule has 174 valence electrons. The summed E-state index contributed by atoms with van der Waals surface area (Å²) in [6, 6.07) is 21.4. The van der Waals surface area contributed by atoms with Crippen molar-refractivity contribution in [3.63, 3.8) is 0 Å². The van der Waals surface area contributed by atoms with Gasteiger partial charge in [-0.25, -0.2) is 4.39 Å². The van der Waals surface area contributed by atoms with Crippen molar-refractivity contribution in [1.29, 1.82) is 0 Å². The fourth-order valence-corrected chi connectivity index (χ4v) is 4.37. The Labute approximate surface area is 202 Å². The summed E-state index contributed by atoms with van der Waals surface area (Å²) in [7, 11) is 0. The zero-order chi connectivity index (χ0) is 23.9. The van der Waals surface area contributed by atoms with Crippen molar-refractivity contribution in [2.75, 3.05) is 13.2 Å². The van der Waals surface area contributed by atoms with Crippen LogP contribution in [0.3, 0.4) is 0 Å². The molecule has 2 amide bonds. The number of amides is 2. The maximum absolute atomic E-state index is 13.9. The Bertz CT molecular complexity index is 1210. The van der Waals surface area contributed by atoms with E-state index in [0.717, 1.165) is 17.3 Å². The number of halogens is 1. The summed E-state index contributed by atoms with van der Waals surface area (Å²) in [4.78, 5) is 26.9. The van der Waals surface area contributed by atoms with Gasteiger partial charge in [-0.15, -0.1) is 0 Å². The summed E-state index contributed by atoms with van der Waals surface area (Å²) >= 11 is 0.929. The van der Waals surface area contributed by atoms with Crippen molar-refractivity contribution in [3.05, 3.63) is 100 Å². The van der Waals surface area contributed by atoms with Crippen LogP contribution in [0.1, 0.15) is 23.6 Å². The average Bonchev–Trinajstić information content (AvgIpc) is 3.11. The Morgan fingerprint density at radius 1 is 0.941 bits per heavy atom. The molecule has 3 aromatic rings. The molecule has 0 aliphatic carbocycles. The molecule has 0 radical (unpaired) electrons. The van der Waals surface area contributed by atoms with Gasteiger partial charge in [0.25, 0.3) is 11.1 Å². The fraction of sp³-hybridized carbons (Fsp3) is 0.185. The molecule has 1 fully saturated rings. The lowest BCUT2D eigenvalue weighted by molar-refractivity contribution is -0.122. The van der Waals surface area contributed by atoms with Crippen molar-refractivity contribution in [2.45, 2.75) is 20.0 Å². The summed E-state index contributed by atoms with van der Waals surface area (Å²) in [5.41, 5.74) is 2.21. The zero-order valence-electron chi connectivity index (χ0n) is 18.7. The normalized spacial score (nSPS) is 14.6. The number of rotatable bonds is 9. The van der Waals surface area contributed by atoms with E-state index in [-0.39, 0.29) is 23.6 Å². The molecule has 4 rings (SSSR count). The quantitative estimate of drug-likeness (QED) is 0.350. The standard InChI is InChI=1S/C27H24FNO4S/c1-2-32-24-16-20(12-13-23(24)33-18-21-10-6-7-11-22(21)28)17-25-26(30)29(27(31)34-25)15-14-19-8-4-3-5-9-19/h3-13,16-17H,2,14-15,18H2,1H3/b25-17-. The van der Waals surface area contributed by atoms with Crippen molar-refractivity contribution in [1.82, 2.24) is 4.90 Å². The van der Waals surface area contributed by atoms with Crippen LogP contribution in [0.2, 0.25) is 0 Å². The highest BCUT2D eigenvalue weighted by Gasteiger charge is 2.34. The second kappa shape index (κ2) is 11.0. The molecule has 0 saturated carbocycles. The summed E-state index contributed by atoms with van der Waals surface area (Å²) < 4.78 is 25.4. The second-order valence-electron chi connectivity index (χ2n) is 7.59. The number of carbonyl (C=O) groups is 2. The zero-order valence-corrected chi connectivity index (χ0v) is 19.5. The average molecular weight is 478 g/mol. The number of nitrogens with zero attached hydrogens (tertiary/aromatic N) is 1. The molecule has 34 heavy (non-hydrogen) atoms. The van der Waals surface area contributed by atoms with Gasteiger partial charge in [-0.1, -0.05) is 54.6 Å². The number of carbonyl (C=O) groups excluding carboxylic acids is 2. The number of ether oxygens (including phenoxy) is 2.